The zero-order valence-electron chi connectivity index (χ0n) is 28.1. The maximum Gasteiger partial charge on any atom is 2.00 e. The van der Waals surface area contributed by atoms with Gasteiger partial charge in [-0.2, -0.15) is 34.2 Å². The van der Waals surface area contributed by atoms with Gasteiger partial charge in [0.15, 0.2) is 0 Å². The van der Waals surface area contributed by atoms with Crippen LogP contribution in [0.5, 0.6) is 23.0 Å². The van der Waals surface area contributed by atoms with E-state index in [-0.39, 0.29) is 47.6 Å². The van der Waals surface area contributed by atoms with Crippen LogP contribution in [0.2, 0.25) is 0 Å². The van der Waals surface area contributed by atoms with E-state index in [4.69, 9.17) is 9.47 Å². The number of hydrogen-bond donors (Lipinski definition) is 0. The SMILES string of the molecule is Cc1ccnc(-c2[c-]c(Oc3[c-]c4c(cc3)-c3ccc(Oc5[c-]c(-c6cc(C)ccn6)ccc5C)[c-]c3B4c3ncccn3)c(C)cc2)c1.[Pd+2].[Pd+2]. The minimum absolute atomic E-state index is 0. The van der Waals surface area contributed by atoms with E-state index < -0.39 is 0 Å². The van der Waals surface area contributed by atoms with Gasteiger partial charge in [0.2, 0.25) is 6.71 Å². The van der Waals surface area contributed by atoms with Gasteiger partial charge in [0.05, 0.1) is 5.72 Å². The standard InChI is InChI=1S/C42H29BN4O2.2Pd/c1-26-14-18-44-38(20-26)30-8-6-28(3)40(22-30)48-32-10-12-34-35-13-11-33(25-37(35)43(36(34)24-32)42-46-16-5-17-47-42)49-41-23-31(9-7-29(41)4)39-21-27(2)15-19-45-39;;/h5-21H,1-4H3;;/q-4;2*+2. The summed E-state index contributed by atoms with van der Waals surface area (Å²) in [4.78, 5) is 18.4. The Balaban J connectivity index is 0.00000224. The molecule has 4 heterocycles. The van der Waals surface area contributed by atoms with Crippen molar-refractivity contribution in [2.75, 3.05) is 0 Å². The quantitative estimate of drug-likeness (QED) is 0.126. The second-order valence-corrected chi connectivity index (χ2v) is 12.2. The Bertz CT molecular complexity index is 2220. The molecule has 7 aromatic rings. The number of ether oxygens (including phenoxy) is 2. The van der Waals surface area contributed by atoms with Gasteiger partial charge in [-0.05, 0) is 43.4 Å². The van der Waals surface area contributed by atoms with Gasteiger partial charge in [-0.3, -0.25) is 9.97 Å². The number of benzene rings is 4. The fraction of sp³-hybridized carbons (Fsp3) is 0.0952. The van der Waals surface area contributed by atoms with E-state index in [1.165, 1.54) is 0 Å². The number of aryl methyl sites for hydroxylation is 4. The van der Waals surface area contributed by atoms with Crippen LogP contribution < -0.4 is 26.1 Å². The van der Waals surface area contributed by atoms with E-state index in [2.05, 4.69) is 70.2 Å². The molecule has 0 spiro atoms. The molecule has 0 amide bonds. The van der Waals surface area contributed by atoms with Gasteiger partial charge in [0, 0.05) is 47.8 Å². The Morgan fingerprint density at radius 2 is 0.980 bits per heavy atom. The number of rotatable bonds is 7. The average Bonchev–Trinajstić information content (AvgIpc) is 3.43. The first-order valence-electron chi connectivity index (χ1n) is 16.1. The molecule has 4 aromatic carbocycles. The van der Waals surface area contributed by atoms with Crippen LogP contribution >= 0.6 is 0 Å². The van der Waals surface area contributed by atoms with Crippen LogP contribution in [0, 0.1) is 52.0 Å². The van der Waals surface area contributed by atoms with Crippen LogP contribution in [0.3, 0.4) is 0 Å². The van der Waals surface area contributed by atoms with Gasteiger partial charge in [-0.1, -0.05) is 60.4 Å². The number of pyridine rings is 2. The maximum absolute atomic E-state index is 6.46. The molecule has 0 atom stereocenters. The molecule has 0 fully saturated rings. The molecule has 0 aliphatic carbocycles. The second-order valence-electron chi connectivity index (χ2n) is 12.2. The van der Waals surface area contributed by atoms with Gasteiger partial charge in [0.25, 0.3) is 0 Å². The van der Waals surface area contributed by atoms with Crippen molar-refractivity contribution in [1.29, 1.82) is 0 Å². The first-order valence-corrected chi connectivity index (χ1v) is 16.1. The van der Waals surface area contributed by atoms with Gasteiger partial charge in [-0.25, -0.2) is 0 Å². The second kappa shape index (κ2) is 15.2. The third kappa shape index (κ3) is 7.36. The minimum atomic E-state index is -0.320. The van der Waals surface area contributed by atoms with E-state index in [0.717, 1.165) is 66.8 Å². The number of nitrogens with zero attached hydrogens (tertiary/aromatic N) is 4. The Morgan fingerprint density at radius 3 is 1.43 bits per heavy atom. The van der Waals surface area contributed by atoms with E-state index in [0.29, 0.717) is 28.7 Å². The number of hydrogen-bond acceptors (Lipinski definition) is 6. The zero-order valence-corrected chi connectivity index (χ0v) is 31.2. The topological polar surface area (TPSA) is 70.0 Å². The first-order chi connectivity index (χ1) is 23.9. The largest absolute Gasteiger partial charge is 2.00 e. The summed E-state index contributed by atoms with van der Waals surface area (Å²) in [6, 6.07) is 39.9. The molecule has 0 unspecified atom stereocenters. The molecular weight excluding hydrogens is 816 g/mol. The van der Waals surface area contributed by atoms with E-state index in [1.807, 2.05) is 93.0 Å². The minimum Gasteiger partial charge on any atom is -0.503 e. The van der Waals surface area contributed by atoms with Crippen molar-refractivity contribution in [2.24, 2.45) is 0 Å². The predicted octanol–water partition coefficient (Wildman–Crippen LogP) is 7.11. The van der Waals surface area contributed by atoms with E-state index in [1.54, 1.807) is 12.4 Å². The monoisotopic (exact) mass is 844 g/mol. The third-order valence-electron chi connectivity index (χ3n) is 8.63. The van der Waals surface area contributed by atoms with Crippen molar-refractivity contribution in [3.63, 3.8) is 0 Å². The summed E-state index contributed by atoms with van der Waals surface area (Å²) >= 11 is 0. The van der Waals surface area contributed by atoms with Crippen molar-refractivity contribution < 1.29 is 50.3 Å². The summed E-state index contributed by atoms with van der Waals surface area (Å²) in [6.45, 7) is 7.79. The van der Waals surface area contributed by atoms with Crippen LogP contribution in [0.15, 0.2) is 104 Å². The van der Waals surface area contributed by atoms with Crippen LogP contribution in [-0.2, 0) is 40.8 Å². The summed E-state index contributed by atoms with van der Waals surface area (Å²) in [5, 5.41) is 0. The Morgan fingerprint density at radius 1 is 0.510 bits per heavy atom. The Kier molecular flexibility index (Phi) is 10.8. The molecule has 0 saturated carbocycles. The van der Waals surface area contributed by atoms with Crippen molar-refractivity contribution in [2.45, 2.75) is 27.7 Å². The Hall–Kier alpha value is -4.75. The molecular formula is C42H29BN4O2Pd2. The number of fused-ring (bicyclic) bond motifs is 3. The molecule has 0 bridgehead atoms. The normalized spacial score (nSPS) is 11.2. The number of aromatic nitrogens is 4. The van der Waals surface area contributed by atoms with Gasteiger partial charge in [-0.15, -0.1) is 59.7 Å². The van der Waals surface area contributed by atoms with Gasteiger partial charge >= 0.3 is 40.8 Å². The third-order valence-corrected chi connectivity index (χ3v) is 8.63. The molecule has 0 saturated heterocycles. The molecule has 0 radical (unpaired) electrons. The average molecular weight is 845 g/mol. The molecule has 8 rings (SSSR count). The summed E-state index contributed by atoms with van der Waals surface area (Å²) in [5.74, 6) is 2.39. The van der Waals surface area contributed by atoms with Crippen molar-refractivity contribution >= 4 is 23.4 Å². The van der Waals surface area contributed by atoms with Crippen molar-refractivity contribution in [1.82, 2.24) is 19.9 Å². The van der Waals surface area contributed by atoms with E-state index in [9.17, 15) is 0 Å². The van der Waals surface area contributed by atoms with Crippen molar-refractivity contribution in [3.05, 3.63) is 150 Å². The molecule has 0 N–H and O–H groups in total. The maximum atomic E-state index is 6.46. The molecule has 9 heteroatoms. The van der Waals surface area contributed by atoms with Crippen LogP contribution in [-0.4, -0.2) is 26.6 Å². The van der Waals surface area contributed by atoms with Gasteiger partial charge < -0.3 is 19.4 Å². The molecule has 3 aromatic heterocycles. The summed E-state index contributed by atoms with van der Waals surface area (Å²) in [5.41, 5.74) is 12.1. The molecule has 51 heavy (non-hydrogen) atoms. The van der Waals surface area contributed by atoms with E-state index >= 15 is 0 Å². The molecule has 1 aliphatic heterocycles. The molecule has 252 valence electrons. The fourth-order valence-electron chi connectivity index (χ4n) is 6.08. The Labute approximate surface area is 326 Å². The smallest absolute Gasteiger partial charge is 0.503 e. The van der Waals surface area contributed by atoms with Crippen LogP contribution in [0.25, 0.3) is 33.6 Å². The fourth-order valence-corrected chi connectivity index (χ4v) is 6.08. The zero-order chi connectivity index (χ0) is 33.5. The summed E-state index contributed by atoms with van der Waals surface area (Å²) in [7, 11) is 0. The molecule has 1 aliphatic rings. The van der Waals surface area contributed by atoms with Gasteiger partial charge in [0.1, 0.15) is 0 Å². The first kappa shape index (κ1) is 36.1. The predicted molar refractivity (Wildman–Crippen MR) is 192 cm³/mol. The summed E-state index contributed by atoms with van der Waals surface area (Å²) < 4.78 is 12.9. The van der Waals surface area contributed by atoms with Crippen LogP contribution in [0.1, 0.15) is 22.3 Å². The molecule has 6 nitrogen and oxygen atoms in total. The summed E-state index contributed by atoms with van der Waals surface area (Å²) in [6.07, 6.45) is 7.13. The van der Waals surface area contributed by atoms with Crippen LogP contribution in [0.4, 0.5) is 0 Å². The van der Waals surface area contributed by atoms with Crippen molar-refractivity contribution in [3.8, 4) is 56.6 Å².